The van der Waals surface area contributed by atoms with Gasteiger partial charge in [-0.3, -0.25) is 0 Å². The van der Waals surface area contributed by atoms with Gasteiger partial charge in [0.1, 0.15) is 11.9 Å². The van der Waals surface area contributed by atoms with Crippen molar-refractivity contribution in [1.29, 1.82) is 0 Å². The molecule has 1 N–H and O–H groups in total. The van der Waals surface area contributed by atoms with Crippen molar-refractivity contribution in [3.05, 3.63) is 48.1 Å². The minimum absolute atomic E-state index is 0.262. The number of benzene rings is 1. The van der Waals surface area contributed by atoms with Gasteiger partial charge >= 0.3 is 0 Å². The second kappa shape index (κ2) is 6.07. The zero-order valence-electron chi connectivity index (χ0n) is 11.3. The molecule has 0 fully saturated rings. The number of nitrogens with one attached hydrogen (secondary N) is 1. The number of hydrogen-bond acceptors (Lipinski definition) is 2. The van der Waals surface area contributed by atoms with Crippen molar-refractivity contribution in [3.63, 3.8) is 0 Å². The Labute approximate surface area is 115 Å². The smallest absolute Gasteiger partial charge is 0.120 e. The van der Waals surface area contributed by atoms with Gasteiger partial charge in [0, 0.05) is 6.54 Å². The minimum atomic E-state index is 0.262. The maximum atomic E-state index is 5.98. The molecule has 19 heavy (non-hydrogen) atoms. The zero-order chi connectivity index (χ0) is 12.9. The molecular weight excluding hydrogens is 234 g/mol. The van der Waals surface area contributed by atoms with E-state index >= 15 is 0 Å². The molecule has 0 saturated carbocycles. The van der Waals surface area contributed by atoms with Crippen LogP contribution < -0.4 is 10.1 Å². The van der Waals surface area contributed by atoms with Gasteiger partial charge in [-0.05, 0) is 61.6 Å². The fraction of sp³-hybridized carbons (Fsp3) is 0.412. The maximum absolute atomic E-state index is 5.98. The summed E-state index contributed by atoms with van der Waals surface area (Å²) in [6.07, 6.45) is 11.6. The number of hydrogen-bond donors (Lipinski definition) is 1. The first kappa shape index (κ1) is 12.5. The van der Waals surface area contributed by atoms with E-state index in [0.29, 0.717) is 0 Å². The zero-order valence-corrected chi connectivity index (χ0v) is 11.3. The first-order valence-electron chi connectivity index (χ1n) is 7.25. The maximum Gasteiger partial charge on any atom is 0.120 e. The predicted octanol–water partition coefficient (Wildman–Crippen LogP) is 3.55. The Kier molecular flexibility index (Phi) is 3.99. The molecule has 1 aliphatic heterocycles. The molecule has 2 heteroatoms. The van der Waals surface area contributed by atoms with Gasteiger partial charge in [-0.1, -0.05) is 24.3 Å². The summed E-state index contributed by atoms with van der Waals surface area (Å²) < 4.78 is 5.98. The molecule has 0 amide bonds. The molecule has 1 unspecified atom stereocenters. The molecule has 100 valence electrons. The second-order valence-corrected chi connectivity index (χ2v) is 5.22. The summed E-state index contributed by atoms with van der Waals surface area (Å²) >= 11 is 0. The predicted molar refractivity (Wildman–Crippen MR) is 79.3 cm³/mol. The highest BCUT2D eigenvalue weighted by molar-refractivity contribution is 5.67. The summed E-state index contributed by atoms with van der Waals surface area (Å²) in [7, 11) is 0. The summed E-state index contributed by atoms with van der Waals surface area (Å²) in [5.41, 5.74) is 2.77. The van der Waals surface area contributed by atoms with Crippen LogP contribution in [0.3, 0.4) is 0 Å². The molecule has 2 nitrogen and oxygen atoms in total. The Morgan fingerprint density at radius 1 is 1.16 bits per heavy atom. The molecule has 1 aromatic rings. The Hall–Kier alpha value is -1.54. The normalized spacial score (nSPS) is 22.9. The quantitative estimate of drug-likeness (QED) is 0.834. The van der Waals surface area contributed by atoms with Crippen LogP contribution in [0.2, 0.25) is 0 Å². The fourth-order valence-corrected chi connectivity index (χ4v) is 2.69. The van der Waals surface area contributed by atoms with Crippen molar-refractivity contribution in [1.82, 2.24) is 5.32 Å². The van der Waals surface area contributed by atoms with Gasteiger partial charge in [0.2, 0.25) is 0 Å². The third-order valence-electron chi connectivity index (χ3n) is 3.79. The van der Waals surface area contributed by atoms with Gasteiger partial charge in [0.25, 0.3) is 0 Å². The Bertz CT molecular complexity index is 473. The van der Waals surface area contributed by atoms with Crippen LogP contribution in [0.15, 0.2) is 42.5 Å². The van der Waals surface area contributed by atoms with Crippen molar-refractivity contribution >= 4 is 5.57 Å². The third-order valence-corrected chi connectivity index (χ3v) is 3.79. The van der Waals surface area contributed by atoms with Crippen molar-refractivity contribution in [3.8, 4) is 5.75 Å². The summed E-state index contributed by atoms with van der Waals surface area (Å²) in [4.78, 5) is 0. The highest BCUT2D eigenvalue weighted by Crippen LogP contribution is 2.24. The summed E-state index contributed by atoms with van der Waals surface area (Å²) in [6, 6.07) is 8.55. The van der Waals surface area contributed by atoms with Crippen LogP contribution in [0.5, 0.6) is 5.75 Å². The van der Waals surface area contributed by atoms with Gasteiger partial charge in [-0.15, -0.1) is 0 Å². The summed E-state index contributed by atoms with van der Waals surface area (Å²) in [6.45, 7) is 2.07. The van der Waals surface area contributed by atoms with E-state index < -0.39 is 0 Å². The lowest BCUT2D eigenvalue weighted by atomic mass is 10.0. The lowest BCUT2D eigenvalue weighted by Crippen LogP contribution is -2.20. The first-order valence-corrected chi connectivity index (χ1v) is 7.25. The van der Waals surface area contributed by atoms with Gasteiger partial charge in [0.05, 0.1) is 0 Å². The van der Waals surface area contributed by atoms with Crippen LogP contribution >= 0.6 is 0 Å². The van der Waals surface area contributed by atoms with E-state index in [9.17, 15) is 0 Å². The van der Waals surface area contributed by atoms with Gasteiger partial charge < -0.3 is 10.1 Å². The van der Waals surface area contributed by atoms with Crippen molar-refractivity contribution < 1.29 is 4.74 Å². The monoisotopic (exact) mass is 255 g/mol. The molecule has 1 atom stereocenters. The van der Waals surface area contributed by atoms with E-state index in [0.717, 1.165) is 31.7 Å². The van der Waals surface area contributed by atoms with Gasteiger partial charge in [0.15, 0.2) is 0 Å². The molecule has 1 aliphatic carbocycles. The highest BCUT2D eigenvalue weighted by atomic mass is 16.5. The number of ether oxygens (including phenoxy) is 1. The van der Waals surface area contributed by atoms with Gasteiger partial charge in [-0.25, -0.2) is 0 Å². The largest absolute Gasteiger partial charge is 0.486 e. The third kappa shape index (κ3) is 3.27. The van der Waals surface area contributed by atoms with E-state index in [1.165, 1.54) is 24.0 Å². The minimum Gasteiger partial charge on any atom is -0.486 e. The number of allylic oxidation sites excluding steroid dienone is 1. The molecule has 3 rings (SSSR count). The van der Waals surface area contributed by atoms with E-state index in [1.54, 1.807) is 0 Å². The molecule has 1 heterocycles. The summed E-state index contributed by atoms with van der Waals surface area (Å²) in [5.74, 6) is 0.981. The van der Waals surface area contributed by atoms with E-state index in [4.69, 9.17) is 4.74 Å². The van der Waals surface area contributed by atoms with Crippen LogP contribution in [0.25, 0.3) is 5.57 Å². The van der Waals surface area contributed by atoms with E-state index in [1.807, 2.05) is 0 Å². The fourth-order valence-electron chi connectivity index (χ4n) is 2.69. The average Bonchev–Trinajstić information content (AvgIpc) is 2.50. The SMILES string of the molecule is C1=CC(Oc2ccc(C3=CCNCC3)cc2)CCC1. The standard InChI is InChI=1S/C17H21NO/c1-2-4-16(5-3-1)19-17-8-6-14(7-9-17)15-10-12-18-13-11-15/h2,4,6-10,16,18H,1,3,5,11-13H2. The van der Waals surface area contributed by atoms with E-state index in [2.05, 4.69) is 47.8 Å². The molecular formula is C17H21NO. The Morgan fingerprint density at radius 3 is 2.74 bits per heavy atom. The molecule has 0 aromatic heterocycles. The van der Waals surface area contributed by atoms with Crippen LogP contribution in [-0.4, -0.2) is 19.2 Å². The molecule has 1 aromatic carbocycles. The molecule has 0 spiro atoms. The van der Waals surface area contributed by atoms with Crippen LogP contribution in [-0.2, 0) is 0 Å². The lowest BCUT2D eigenvalue weighted by Gasteiger charge is -2.19. The van der Waals surface area contributed by atoms with Crippen molar-refractivity contribution in [2.24, 2.45) is 0 Å². The molecule has 0 bridgehead atoms. The lowest BCUT2D eigenvalue weighted by molar-refractivity contribution is 0.230. The van der Waals surface area contributed by atoms with Crippen LogP contribution in [0.1, 0.15) is 31.2 Å². The summed E-state index contributed by atoms with van der Waals surface area (Å²) in [5, 5.41) is 3.34. The highest BCUT2D eigenvalue weighted by Gasteiger charge is 2.10. The molecule has 2 aliphatic rings. The topological polar surface area (TPSA) is 21.3 Å². The Balaban J connectivity index is 1.66. The second-order valence-electron chi connectivity index (χ2n) is 5.22. The van der Waals surface area contributed by atoms with Gasteiger partial charge in [-0.2, -0.15) is 0 Å². The van der Waals surface area contributed by atoms with Crippen LogP contribution in [0, 0.1) is 0 Å². The van der Waals surface area contributed by atoms with Crippen LogP contribution in [0.4, 0.5) is 0 Å². The Morgan fingerprint density at radius 2 is 2.05 bits per heavy atom. The van der Waals surface area contributed by atoms with E-state index in [-0.39, 0.29) is 6.10 Å². The molecule has 0 radical (unpaired) electrons. The van der Waals surface area contributed by atoms with Crippen molar-refractivity contribution in [2.75, 3.05) is 13.1 Å². The number of rotatable bonds is 3. The van der Waals surface area contributed by atoms with Crippen molar-refractivity contribution in [2.45, 2.75) is 31.8 Å². The average molecular weight is 255 g/mol. The molecule has 0 saturated heterocycles. The first-order chi connectivity index (χ1) is 9.42.